The maximum absolute atomic E-state index is 12.2. The largest absolute Gasteiger partial charge is 0.299 e. The van der Waals surface area contributed by atoms with E-state index >= 15 is 0 Å². The van der Waals surface area contributed by atoms with E-state index in [0.717, 1.165) is 6.42 Å². The lowest BCUT2D eigenvalue weighted by molar-refractivity contribution is -0.148. The molecule has 1 rings (SSSR count). The number of hydrogen-bond donors (Lipinski definition) is 0. The van der Waals surface area contributed by atoms with Gasteiger partial charge in [0.15, 0.2) is 0 Å². The second-order valence-electron chi connectivity index (χ2n) is 3.18. The molecule has 0 aromatic carbocycles. The van der Waals surface area contributed by atoms with Gasteiger partial charge in [-0.15, -0.1) is 0 Å². The van der Waals surface area contributed by atoms with Gasteiger partial charge in [0.1, 0.15) is 5.78 Å². The smallest absolute Gasteiger partial charge is 0.249 e. The van der Waals surface area contributed by atoms with Crippen molar-refractivity contribution in [3.05, 3.63) is 0 Å². The van der Waals surface area contributed by atoms with Crippen molar-refractivity contribution in [2.75, 3.05) is 0 Å². The molecular formula is C8H12F2O. The summed E-state index contributed by atoms with van der Waals surface area (Å²) in [4.78, 5) is 11.0. The summed E-state index contributed by atoms with van der Waals surface area (Å²) in [5.41, 5.74) is 0. The van der Waals surface area contributed by atoms with Gasteiger partial charge in [-0.3, -0.25) is 4.79 Å². The lowest BCUT2D eigenvalue weighted by Gasteiger charge is -2.33. The van der Waals surface area contributed by atoms with Crippen LogP contribution in [0.4, 0.5) is 8.78 Å². The highest BCUT2D eigenvalue weighted by molar-refractivity contribution is 5.82. The van der Waals surface area contributed by atoms with E-state index in [1.165, 1.54) is 0 Å². The third kappa shape index (κ3) is 1.98. The van der Waals surface area contributed by atoms with E-state index in [9.17, 15) is 13.6 Å². The summed E-state index contributed by atoms with van der Waals surface area (Å²) in [6.45, 7) is 1.88. The van der Waals surface area contributed by atoms with Gasteiger partial charge in [-0.2, -0.15) is 0 Å². The predicted octanol–water partition coefficient (Wildman–Crippen LogP) is 2.40. The first-order valence-corrected chi connectivity index (χ1v) is 3.96. The highest BCUT2D eigenvalue weighted by Crippen LogP contribution is 2.43. The second kappa shape index (κ2) is 2.88. The molecule has 0 aromatic heterocycles. The molecule has 0 bridgehead atoms. The minimum atomic E-state index is -2.55. The molecule has 64 valence electrons. The number of hydrogen-bond acceptors (Lipinski definition) is 1. The van der Waals surface area contributed by atoms with Crippen molar-refractivity contribution in [1.82, 2.24) is 0 Å². The van der Waals surface area contributed by atoms with E-state index in [-0.39, 0.29) is 24.5 Å². The summed E-state index contributed by atoms with van der Waals surface area (Å²) in [6, 6.07) is 0. The Hall–Kier alpha value is -0.470. The van der Waals surface area contributed by atoms with Crippen molar-refractivity contribution in [3.8, 4) is 0 Å². The molecular weight excluding hydrogens is 150 g/mol. The number of rotatable bonds is 3. The zero-order valence-corrected chi connectivity index (χ0v) is 6.57. The third-order valence-corrected chi connectivity index (χ3v) is 2.04. The Kier molecular flexibility index (Phi) is 2.25. The van der Waals surface area contributed by atoms with E-state index in [1.807, 2.05) is 6.92 Å². The van der Waals surface area contributed by atoms with Gasteiger partial charge in [0.2, 0.25) is 5.92 Å². The number of alkyl halides is 2. The zero-order valence-electron chi connectivity index (χ0n) is 6.57. The molecule has 1 saturated carbocycles. The number of carbonyl (C=O) groups excluding carboxylic acids is 1. The second-order valence-corrected chi connectivity index (χ2v) is 3.18. The molecule has 0 N–H and O–H groups in total. The van der Waals surface area contributed by atoms with E-state index in [4.69, 9.17) is 0 Å². The first-order valence-electron chi connectivity index (χ1n) is 3.96. The molecule has 0 unspecified atom stereocenters. The highest BCUT2D eigenvalue weighted by atomic mass is 19.3. The summed E-state index contributed by atoms with van der Waals surface area (Å²) < 4.78 is 24.5. The van der Waals surface area contributed by atoms with Gasteiger partial charge >= 0.3 is 0 Å². The predicted molar refractivity (Wildman–Crippen MR) is 37.6 cm³/mol. The minimum absolute atomic E-state index is 0.0124. The number of halogens is 2. The fraction of sp³-hybridized carbons (Fsp3) is 0.875. The van der Waals surface area contributed by atoms with Crippen LogP contribution in [0, 0.1) is 5.92 Å². The van der Waals surface area contributed by atoms with Crippen LogP contribution in [0.2, 0.25) is 0 Å². The van der Waals surface area contributed by atoms with Crippen LogP contribution < -0.4 is 0 Å². The molecule has 0 aromatic rings. The van der Waals surface area contributed by atoms with Crippen molar-refractivity contribution in [3.63, 3.8) is 0 Å². The average Bonchev–Trinajstić information content (AvgIpc) is 1.83. The van der Waals surface area contributed by atoms with Gasteiger partial charge < -0.3 is 0 Å². The number of carbonyl (C=O) groups is 1. The first-order chi connectivity index (χ1) is 5.05. The van der Waals surface area contributed by atoms with Crippen LogP contribution >= 0.6 is 0 Å². The van der Waals surface area contributed by atoms with Crippen LogP contribution in [0.25, 0.3) is 0 Å². The van der Waals surface area contributed by atoms with Crippen LogP contribution in [-0.4, -0.2) is 11.7 Å². The third-order valence-electron chi connectivity index (χ3n) is 2.04. The van der Waals surface area contributed by atoms with Crippen LogP contribution in [0.5, 0.6) is 0 Å². The van der Waals surface area contributed by atoms with Crippen LogP contribution in [-0.2, 0) is 4.79 Å². The Balaban J connectivity index is 2.27. The summed E-state index contributed by atoms with van der Waals surface area (Å²) in [6.07, 6.45) is 0.791. The zero-order chi connectivity index (χ0) is 8.48. The van der Waals surface area contributed by atoms with Crippen LogP contribution in [0.3, 0.4) is 0 Å². The molecule has 0 atom stereocenters. The van der Waals surface area contributed by atoms with Crippen molar-refractivity contribution in [1.29, 1.82) is 0 Å². The van der Waals surface area contributed by atoms with E-state index in [1.54, 1.807) is 0 Å². The monoisotopic (exact) mass is 162 g/mol. The fourth-order valence-electron chi connectivity index (χ4n) is 1.34. The quantitative estimate of drug-likeness (QED) is 0.622. The molecule has 1 fully saturated rings. The lowest BCUT2D eigenvalue weighted by atomic mass is 9.77. The van der Waals surface area contributed by atoms with Crippen LogP contribution in [0.15, 0.2) is 0 Å². The molecule has 0 saturated heterocycles. The van der Waals surface area contributed by atoms with E-state index in [2.05, 4.69) is 0 Å². The Morgan fingerprint density at radius 3 is 2.45 bits per heavy atom. The normalized spacial score (nSPS) is 22.8. The maximum Gasteiger partial charge on any atom is 0.249 e. The molecule has 1 aliphatic carbocycles. The first kappa shape index (κ1) is 8.62. The van der Waals surface area contributed by atoms with Gasteiger partial charge in [-0.1, -0.05) is 6.92 Å². The standard InChI is InChI=1S/C8H12F2O/c1-2-3-7(11)6-4-8(9,10)5-6/h6H,2-5H2,1H3. The molecule has 1 aliphatic rings. The van der Waals surface area contributed by atoms with Gasteiger partial charge in [0.25, 0.3) is 0 Å². The molecule has 11 heavy (non-hydrogen) atoms. The number of Topliss-reactive ketones (excluding diaryl/α,β-unsaturated/α-hetero) is 1. The number of ketones is 1. The Bertz CT molecular complexity index is 157. The van der Waals surface area contributed by atoms with Crippen LogP contribution in [0.1, 0.15) is 32.6 Å². The fourth-order valence-corrected chi connectivity index (χ4v) is 1.34. The average molecular weight is 162 g/mol. The SMILES string of the molecule is CCCC(=O)C1CC(F)(F)C1. The maximum atomic E-state index is 12.2. The van der Waals surface area contributed by atoms with Crippen molar-refractivity contribution >= 4 is 5.78 Å². The molecule has 3 heteroatoms. The Morgan fingerprint density at radius 1 is 1.55 bits per heavy atom. The Labute approximate surface area is 64.8 Å². The van der Waals surface area contributed by atoms with Gasteiger partial charge in [-0.25, -0.2) is 8.78 Å². The minimum Gasteiger partial charge on any atom is -0.299 e. The van der Waals surface area contributed by atoms with E-state index < -0.39 is 5.92 Å². The molecule has 0 heterocycles. The summed E-state index contributed by atoms with van der Waals surface area (Å²) in [7, 11) is 0. The van der Waals surface area contributed by atoms with Crippen molar-refractivity contribution < 1.29 is 13.6 Å². The summed E-state index contributed by atoms with van der Waals surface area (Å²) in [5.74, 6) is -2.88. The van der Waals surface area contributed by atoms with Gasteiger partial charge in [-0.05, 0) is 6.42 Å². The van der Waals surface area contributed by atoms with Gasteiger partial charge in [0, 0.05) is 25.2 Å². The molecule has 0 spiro atoms. The molecule has 0 radical (unpaired) electrons. The highest BCUT2D eigenvalue weighted by Gasteiger charge is 2.47. The topological polar surface area (TPSA) is 17.1 Å². The molecule has 1 nitrogen and oxygen atoms in total. The van der Waals surface area contributed by atoms with Crippen molar-refractivity contribution in [2.45, 2.75) is 38.5 Å². The Morgan fingerprint density at radius 2 is 2.09 bits per heavy atom. The lowest BCUT2D eigenvalue weighted by Crippen LogP contribution is -2.39. The molecule has 0 amide bonds. The van der Waals surface area contributed by atoms with E-state index in [0.29, 0.717) is 6.42 Å². The summed E-state index contributed by atoms with van der Waals surface area (Å²) in [5, 5.41) is 0. The van der Waals surface area contributed by atoms with Crippen molar-refractivity contribution in [2.24, 2.45) is 5.92 Å². The summed E-state index contributed by atoms with van der Waals surface area (Å²) >= 11 is 0. The van der Waals surface area contributed by atoms with Gasteiger partial charge in [0.05, 0.1) is 0 Å². The molecule has 0 aliphatic heterocycles.